The molecule has 0 spiro atoms. The quantitative estimate of drug-likeness (QED) is 0.569. The maximum atomic E-state index is 10.6. The number of carbonyl (C=O) groups is 1. The number of hydrogen-bond donors (Lipinski definition) is 2. The van der Waals surface area contributed by atoms with Gasteiger partial charge in [-0.15, -0.1) is 0 Å². The van der Waals surface area contributed by atoms with Crippen molar-refractivity contribution in [3.8, 4) is 5.75 Å². The average Bonchev–Trinajstić information content (AvgIpc) is 2.16. The van der Waals surface area contributed by atoms with Gasteiger partial charge in [0, 0.05) is 16.9 Å². The molecule has 0 aliphatic rings. The lowest BCUT2D eigenvalue weighted by molar-refractivity contribution is -0.479. The third kappa shape index (κ3) is 2.94. The second-order valence-corrected chi connectivity index (χ2v) is 2.95. The second-order valence-electron chi connectivity index (χ2n) is 2.95. The summed E-state index contributed by atoms with van der Waals surface area (Å²) in [5, 5.41) is 28.1. The molecule has 0 amide bonds. The molecular weight excluding hydrogens is 202 g/mol. The number of carboxylic acid groups (broad SMARTS) is 1. The van der Waals surface area contributed by atoms with Crippen LogP contribution in [0.4, 0.5) is 0 Å². The van der Waals surface area contributed by atoms with Crippen molar-refractivity contribution in [3.63, 3.8) is 0 Å². The molecule has 15 heavy (non-hydrogen) atoms. The van der Waals surface area contributed by atoms with Gasteiger partial charge in [-0.2, -0.15) is 0 Å². The highest BCUT2D eigenvalue weighted by molar-refractivity contribution is 5.88. The van der Waals surface area contributed by atoms with E-state index in [0.717, 1.165) is 0 Å². The molecule has 0 radical (unpaired) electrons. The molecule has 1 aromatic carbocycles. The molecule has 0 aliphatic carbocycles. The van der Waals surface area contributed by atoms with Gasteiger partial charge >= 0.3 is 5.97 Å². The van der Waals surface area contributed by atoms with Gasteiger partial charge in [-0.05, 0) is 18.2 Å². The molecule has 0 aromatic heterocycles. The molecule has 2 N–H and O–H groups in total. The highest BCUT2D eigenvalue weighted by Crippen LogP contribution is 2.19. The Labute approximate surface area is 84.9 Å². The van der Waals surface area contributed by atoms with Crippen molar-refractivity contribution in [3.05, 3.63) is 39.4 Å². The van der Waals surface area contributed by atoms with Crippen molar-refractivity contribution in [1.29, 1.82) is 0 Å². The van der Waals surface area contributed by atoms with E-state index in [2.05, 4.69) is 0 Å². The van der Waals surface area contributed by atoms with Gasteiger partial charge < -0.3 is 10.2 Å². The molecule has 80 valence electrons. The van der Waals surface area contributed by atoms with E-state index in [4.69, 9.17) is 5.11 Å². The van der Waals surface area contributed by atoms with E-state index < -0.39 is 10.9 Å². The molecule has 0 aliphatic heterocycles. The van der Waals surface area contributed by atoms with Crippen LogP contribution in [-0.2, 0) is 6.42 Å². The molecule has 0 bridgehead atoms. The third-order valence-corrected chi connectivity index (χ3v) is 1.89. The van der Waals surface area contributed by atoms with Crippen LogP contribution in [0.3, 0.4) is 0 Å². The van der Waals surface area contributed by atoms with E-state index in [0.29, 0.717) is 0 Å². The summed E-state index contributed by atoms with van der Waals surface area (Å²) >= 11 is 0. The van der Waals surface area contributed by atoms with E-state index in [9.17, 15) is 20.0 Å². The largest absolute Gasteiger partial charge is 0.508 e. The van der Waals surface area contributed by atoms with Gasteiger partial charge in [0.25, 0.3) is 0 Å². The first-order valence-corrected chi connectivity index (χ1v) is 4.17. The number of aromatic hydroxyl groups is 1. The Morgan fingerprint density at radius 3 is 2.67 bits per heavy atom. The Morgan fingerprint density at radius 2 is 2.13 bits per heavy atom. The zero-order valence-electron chi connectivity index (χ0n) is 7.71. The number of aromatic carboxylic acids is 1. The average molecular weight is 211 g/mol. The summed E-state index contributed by atoms with van der Waals surface area (Å²) in [5.74, 6) is -1.25. The number of benzene rings is 1. The van der Waals surface area contributed by atoms with Crippen LogP contribution in [-0.4, -0.2) is 27.7 Å². The van der Waals surface area contributed by atoms with Gasteiger partial charge in [-0.25, -0.2) is 4.79 Å². The summed E-state index contributed by atoms with van der Waals surface area (Å²) in [6.07, 6.45) is 0.0138. The SMILES string of the molecule is O=C(O)c1ccc(O)c(CC[N+](=O)[O-])c1. The Kier molecular flexibility index (Phi) is 3.22. The van der Waals surface area contributed by atoms with Crippen LogP contribution in [0.25, 0.3) is 0 Å². The fourth-order valence-corrected chi connectivity index (χ4v) is 1.13. The molecule has 0 atom stereocenters. The Hall–Kier alpha value is -2.11. The Morgan fingerprint density at radius 1 is 1.47 bits per heavy atom. The second kappa shape index (κ2) is 4.41. The van der Waals surface area contributed by atoms with Crippen LogP contribution in [0.1, 0.15) is 15.9 Å². The molecule has 0 heterocycles. The topological polar surface area (TPSA) is 101 Å². The van der Waals surface area contributed by atoms with Crippen LogP contribution in [0.2, 0.25) is 0 Å². The van der Waals surface area contributed by atoms with E-state index >= 15 is 0 Å². The van der Waals surface area contributed by atoms with Crippen LogP contribution < -0.4 is 0 Å². The lowest BCUT2D eigenvalue weighted by atomic mass is 10.1. The highest BCUT2D eigenvalue weighted by Gasteiger charge is 2.09. The van der Waals surface area contributed by atoms with Gasteiger partial charge in [0.15, 0.2) is 0 Å². The van der Waals surface area contributed by atoms with Gasteiger partial charge in [0.2, 0.25) is 6.54 Å². The summed E-state index contributed by atoms with van der Waals surface area (Å²) in [6, 6.07) is 3.70. The molecule has 1 rings (SSSR count). The van der Waals surface area contributed by atoms with Gasteiger partial charge in [0.05, 0.1) is 5.56 Å². The fourth-order valence-electron chi connectivity index (χ4n) is 1.13. The minimum Gasteiger partial charge on any atom is -0.508 e. The zero-order chi connectivity index (χ0) is 11.4. The molecule has 0 saturated heterocycles. The number of rotatable bonds is 4. The normalized spacial score (nSPS) is 9.87. The van der Waals surface area contributed by atoms with Crippen LogP contribution in [0.15, 0.2) is 18.2 Å². The van der Waals surface area contributed by atoms with E-state index in [1.807, 2.05) is 0 Å². The number of hydrogen-bond acceptors (Lipinski definition) is 4. The maximum Gasteiger partial charge on any atom is 0.335 e. The van der Waals surface area contributed by atoms with E-state index in [1.165, 1.54) is 18.2 Å². The third-order valence-electron chi connectivity index (χ3n) is 1.89. The molecule has 6 heteroatoms. The van der Waals surface area contributed by atoms with E-state index in [1.54, 1.807) is 0 Å². The molecular formula is C9H9NO5. The van der Waals surface area contributed by atoms with Crippen LogP contribution in [0, 0.1) is 10.1 Å². The Balaban J connectivity index is 2.90. The van der Waals surface area contributed by atoms with Crippen molar-refractivity contribution in [1.82, 2.24) is 0 Å². The van der Waals surface area contributed by atoms with Crippen LogP contribution in [0.5, 0.6) is 5.75 Å². The highest BCUT2D eigenvalue weighted by atomic mass is 16.6. The van der Waals surface area contributed by atoms with Crippen molar-refractivity contribution < 1.29 is 19.9 Å². The van der Waals surface area contributed by atoms with Gasteiger partial charge in [-0.1, -0.05) is 0 Å². The minimum absolute atomic E-state index is 0.00569. The first-order valence-electron chi connectivity index (χ1n) is 4.17. The fraction of sp³-hybridized carbons (Fsp3) is 0.222. The summed E-state index contributed by atoms with van der Waals surface area (Å²) in [5.41, 5.74) is 0.276. The Bertz CT molecular complexity index is 401. The van der Waals surface area contributed by atoms with Crippen LogP contribution >= 0.6 is 0 Å². The predicted octanol–water partition coefficient (Wildman–Crippen LogP) is 0.910. The molecule has 1 aromatic rings. The number of nitro groups is 1. The van der Waals surface area contributed by atoms with Gasteiger partial charge in [-0.3, -0.25) is 10.1 Å². The summed E-state index contributed by atoms with van der Waals surface area (Å²) < 4.78 is 0. The predicted molar refractivity (Wildman–Crippen MR) is 50.6 cm³/mol. The first-order chi connectivity index (χ1) is 7.00. The number of nitrogens with zero attached hydrogens (tertiary/aromatic N) is 1. The van der Waals surface area contributed by atoms with Crippen molar-refractivity contribution >= 4 is 5.97 Å². The molecule has 0 saturated carbocycles. The zero-order valence-corrected chi connectivity index (χ0v) is 7.71. The standard InChI is InChI=1S/C9H9NO5/c11-8-2-1-7(9(12)13)5-6(8)3-4-10(14)15/h1-2,5,11H,3-4H2,(H,12,13). The molecule has 6 nitrogen and oxygen atoms in total. The minimum atomic E-state index is -1.13. The van der Waals surface area contributed by atoms with Gasteiger partial charge in [0.1, 0.15) is 5.75 Å². The smallest absolute Gasteiger partial charge is 0.335 e. The maximum absolute atomic E-state index is 10.6. The molecule has 0 fully saturated rings. The van der Waals surface area contributed by atoms with E-state index in [-0.39, 0.29) is 29.8 Å². The first kappa shape index (κ1) is 11.0. The lowest BCUT2D eigenvalue weighted by Gasteiger charge is -2.02. The number of phenolic OH excluding ortho intramolecular Hbond substituents is 1. The number of carboxylic acids is 1. The summed E-state index contributed by atoms with van der Waals surface area (Å²) in [6.45, 7) is -0.337. The number of phenols is 1. The molecule has 0 unspecified atom stereocenters. The lowest BCUT2D eigenvalue weighted by Crippen LogP contribution is -2.05. The van der Waals surface area contributed by atoms with Crippen molar-refractivity contribution in [2.24, 2.45) is 0 Å². The van der Waals surface area contributed by atoms with Crippen molar-refractivity contribution in [2.75, 3.05) is 6.54 Å². The summed E-state index contributed by atoms with van der Waals surface area (Å²) in [4.78, 5) is 20.2. The summed E-state index contributed by atoms with van der Waals surface area (Å²) in [7, 11) is 0. The van der Waals surface area contributed by atoms with Crippen molar-refractivity contribution in [2.45, 2.75) is 6.42 Å². The monoisotopic (exact) mass is 211 g/mol.